The van der Waals surface area contributed by atoms with Gasteiger partial charge in [-0.05, 0) is 31.0 Å². The van der Waals surface area contributed by atoms with Gasteiger partial charge in [0.2, 0.25) is 0 Å². The van der Waals surface area contributed by atoms with Crippen LogP contribution in [0.1, 0.15) is 36.0 Å². The van der Waals surface area contributed by atoms with Crippen molar-refractivity contribution in [2.45, 2.75) is 37.8 Å². The predicted octanol–water partition coefficient (Wildman–Crippen LogP) is 2.08. The lowest BCUT2D eigenvalue weighted by atomic mass is 9.92. The second-order valence-corrected chi connectivity index (χ2v) is 5.03. The van der Waals surface area contributed by atoms with Crippen molar-refractivity contribution < 1.29 is 15.0 Å². The summed E-state index contributed by atoms with van der Waals surface area (Å²) >= 11 is 5.70. The van der Waals surface area contributed by atoms with Crippen LogP contribution in [0, 0.1) is 0 Å². The molecule has 0 spiro atoms. The first-order chi connectivity index (χ1) is 8.58. The number of phenols is 1. The number of aliphatic hydroxyl groups is 1. The SMILES string of the molecule is O=C(N[C@@H]1CCCC[C@H]1O)c1ccc(Cl)cc1O. The van der Waals surface area contributed by atoms with Gasteiger partial charge in [0.15, 0.2) is 0 Å². The molecule has 1 fully saturated rings. The molecule has 2 rings (SSSR count). The Morgan fingerprint density at radius 3 is 2.72 bits per heavy atom. The van der Waals surface area contributed by atoms with E-state index < -0.39 is 6.10 Å². The smallest absolute Gasteiger partial charge is 0.255 e. The molecular weight excluding hydrogens is 254 g/mol. The van der Waals surface area contributed by atoms with Gasteiger partial charge < -0.3 is 15.5 Å². The van der Waals surface area contributed by atoms with Crippen LogP contribution in [0.2, 0.25) is 5.02 Å². The largest absolute Gasteiger partial charge is 0.507 e. The lowest BCUT2D eigenvalue weighted by Crippen LogP contribution is -2.45. The molecule has 98 valence electrons. The summed E-state index contributed by atoms with van der Waals surface area (Å²) in [6, 6.07) is 4.12. The second-order valence-electron chi connectivity index (χ2n) is 4.59. The van der Waals surface area contributed by atoms with Gasteiger partial charge in [-0.25, -0.2) is 0 Å². The van der Waals surface area contributed by atoms with E-state index in [1.54, 1.807) is 6.07 Å². The first-order valence-corrected chi connectivity index (χ1v) is 6.43. The van der Waals surface area contributed by atoms with Crippen LogP contribution in [0.3, 0.4) is 0 Å². The Kier molecular flexibility index (Phi) is 4.09. The second kappa shape index (κ2) is 5.59. The summed E-state index contributed by atoms with van der Waals surface area (Å²) in [5.41, 5.74) is 0.178. The summed E-state index contributed by atoms with van der Waals surface area (Å²) in [6.45, 7) is 0. The average Bonchev–Trinajstić information content (AvgIpc) is 2.32. The molecule has 0 unspecified atom stereocenters. The lowest BCUT2D eigenvalue weighted by Gasteiger charge is -2.28. The number of aliphatic hydroxyl groups excluding tert-OH is 1. The molecule has 1 aliphatic rings. The molecular formula is C13H16ClNO3. The molecule has 1 amide bonds. The maximum absolute atomic E-state index is 12.0. The topological polar surface area (TPSA) is 69.6 Å². The number of nitrogens with one attached hydrogen (secondary N) is 1. The van der Waals surface area contributed by atoms with Crippen LogP contribution in [0.25, 0.3) is 0 Å². The Bertz CT molecular complexity index is 450. The van der Waals surface area contributed by atoms with Crippen molar-refractivity contribution in [2.24, 2.45) is 0 Å². The van der Waals surface area contributed by atoms with Gasteiger partial charge in [-0.3, -0.25) is 4.79 Å². The van der Waals surface area contributed by atoms with Crippen LogP contribution >= 0.6 is 11.6 Å². The number of amides is 1. The lowest BCUT2D eigenvalue weighted by molar-refractivity contribution is 0.0715. The molecule has 0 saturated heterocycles. The molecule has 1 aromatic rings. The summed E-state index contributed by atoms with van der Waals surface area (Å²) in [4.78, 5) is 12.0. The van der Waals surface area contributed by atoms with E-state index in [0.29, 0.717) is 11.4 Å². The highest BCUT2D eigenvalue weighted by Gasteiger charge is 2.25. The molecule has 18 heavy (non-hydrogen) atoms. The molecule has 0 aliphatic heterocycles. The number of benzene rings is 1. The van der Waals surface area contributed by atoms with Crippen molar-refractivity contribution >= 4 is 17.5 Å². The van der Waals surface area contributed by atoms with Crippen molar-refractivity contribution in [1.82, 2.24) is 5.32 Å². The molecule has 1 saturated carbocycles. The van der Waals surface area contributed by atoms with Gasteiger partial charge >= 0.3 is 0 Å². The van der Waals surface area contributed by atoms with Gasteiger partial charge in [0, 0.05) is 5.02 Å². The van der Waals surface area contributed by atoms with Gasteiger partial charge in [0.25, 0.3) is 5.91 Å². The van der Waals surface area contributed by atoms with Crippen LogP contribution in [0.5, 0.6) is 5.75 Å². The van der Waals surface area contributed by atoms with Crippen LogP contribution in [0.4, 0.5) is 0 Å². The van der Waals surface area contributed by atoms with Crippen molar-refractivity contribution in [1.29, 1.82) is 0 Å². The van der Waals surface area contributed by atoms with E-state index in [1.165, 1.54) is 12.1 Å². The molecule has 1 aliphatic carbocycles. The average molecular weight is 270 g/mol. The van der Waals surface area contributed by atoms with Crippen molar-refractivity contribution in [3.63, 3.8) is 0 Å². The fraction of sp³-hybridized carbons (Fsp3) is 0.462. The van der Waals surface area contributed by atoms with E-state index >= 15 is 0 Å². The summed E-state index contributed by atoms with van der Waals surface area (Å²) < 4.78 is 0. The van der Waals surface area contributed by atoms with Crippen molar-refractivity contribution in [3.8, 4) is 5.75 Å². The monoisotopic (exact) mass is 269 g/mol. The Hall–Kier alpha value is -1.26. The number of aromatic hydroxyl groups is 1. The third-order valence-corrected chi connectivity index (χ3v) is 3.49. The van der Waals surface area contributed by atoms with E-state index in [1.807, 2.05) is 0 Å². The fourth-order valence-electron chi connectivity index (χ4n) is 2.22. The minimum Gasteiger partial charge on any atom is -0.507 e. The Morgan fingerprint density at radius 1 is 1.33 bits per heavy atom. The van der Waals surface area contributed by atoms with Gasteiger partial charge in [0.05, 0.1) is 17.7 Å². The zero-order chi connectivity index (χ0) is 13.1. The standard InChI is InChI=1S/C13H16ClNO3/c14-8-5-6-9(12(17)7-8)13(18)15-10-3-1-2-4-11(10)16/h5-7,10-11,16-17H,1-4H2,(H,15,18)/t10-,11-/m1/s1. The van der Waals surface area contributed by atoms with E-state index in [-0.39, 0.29) is 23.3 Å². The normalized spacial score (nSPS) is 23.7. The highest BCUT2D eigenvalue weighted by atomic mass is 35.5. The minimum atomic E-state index is -0.503. The number of phenolic OH excluding ortho intramolecular Hbond substituents is 1. The number of rotatable bonds is 2. The zero-order valence-electron chi connectivity index (χ0n) is 9.90. The minimum absolute atomic E-state index is 0.148. The molecule has 0 bridgehead atoms. The van der Waals surface area contributed by atoms with Crippen molar-refractivity contribution in [3.05, 3.63) is 28.8 Å². The highest BCUT2D eigenvalue weighted by molar-refractivity contribution is 6.30. The van der Waals surface area contributed by atoms with Crippen LogP contribution in [0.15, 0.2) is 18.2 Å². The quantitative estimate of drug-likeness (QED) is 0.770. The third-order valence-electron chi connectivity index (χ3n) is 3.25. The van der Waals surface area contributed by atoms with E-state index in [2.05, 4.69) is 5.32 Å². The van der Waals surface area contributed by atoms with Crippen LogP contribution in [-0.4, -0.2) is 28.3 Å². The summed E-state index contributed by atoms with van der Waals surface area (Å²) in [7, 11) is 0. The summed E-state index contributed by atoms with van der Waals surface area (Å²) in [5, 5.41) is 22.6. The fourth-order valence-corrected chi connectivity index (χ4v) is 2.39. The molecule has 0 aromatic heterocycles. The maximum Gasteiger partial charge on any atom is 0.255 e. The number of carbonyl (C=O) groups excluding carboxylic acids is 1. The predicted molar refractivity (Wildman–Crippen MR) is 68.8 cm³/mol. The Labute approximate surface area is 111 Å². The number of halogens is 1. The molecule has 3 N–H and O–H groups in total. The summed E-state index contributed by atoms with van der Waals surface area (Å²) in [5.74, 6) is -0.527. The van der Waals surface area contributed by atoms with Gasteiger partial charge in [0.1, 0.15) is 5.75 Å². The highest BCUT2D eigenvalue weighted by Crippen LogP contribution is 2.23. The molecule has 2 atom stereocenters. The Balaban J connectivity index is 2.07. The maximum atomic E-state index is 12.0. The van der Waals surface area contributed by atoms with Gasteiger partial charge in [-0.2, -0.15) is 0 Å². The molecule has 1 aromatic carbocycles. The molecule has 5 heteroatoms. The van der Waals surface area contributed by atoms with Crippen LogP contribution in [-0.2, 0) is 0 Å². The molecule has 0 radical (unpaired) electrons. The number of hydrogen-bond donors (Lipinski definition) is 3. The van der Waals surface area contributed by atoms with E-state index in [4.69, 9.17) is 11.6 Å². The third kappa shape index (κ3) is 2.94. The molecule has 0 heterocycles. The first-order valence-electron chi connectivity index (χ1n) is 6.05. The zero-order valence-corrected chi connectivity index (χ0v) is 10.7. The van der Waals surface area contributed by atoms with Gasteiger partial charge in [-0.1, -0.05) is 24.4 Å². The van der Waals surface area contributed by atoms with Gasteiger partial charge in [-0.15, -0.1) is 0 Å². The first kappa shape index (κ1) is 13.2. The van der Waals surface area contributed by atoms with E-state index in [0.717, 1.165) is 19.3 Å². The van der Waals surface area contributed by atoms with Crippen molar-refractivity contribution in [2.75, 3.05) is 0 Å². The Morgan fingerprint density at radius 2 is 2.06 bits per heavy atom. The number of hydrogen-bond acceptors (Lipinski definition) is 3. The number of carbonyl (C=O) groups is 1. The molecule has 4 nitrogen and oxygen atoms in total. The van der Waals surface area contributed by atoms with E-state index in [9.17, 15) is 15.0 Å². The van der Waals surface area contributed by atoms with Crippen LogP contribution < -0.4 is 5.32 Å². The summed E-state index contributed by atoms with van der Waals surface area (Å²) in [6.07, 6.45) is 2.95.